The standard InChI is InChI=1S/C23H31N3O4/c1-3-4-9-14-26-22(28)18-12-7-6-11-17(18)21(25-26)23(29)30-15-20(27)24-19-13-8-5-10-16(19)2/h6-7,11-12,16,19H,3-5,8-10,13-15H2,1-2H3,(H,24,27)/t16-,19+/m1/s1. The van der Waals surface area contributed by atoms with E-state index in [2.05, 4.69) is 24.3 Å². The lowest BCUT2D eigenvalue weighted by Crippen LogP contribution is -2.43. The molecule has 1 N–H and O–H groups in total. The van der Waals surface area contributed by atoms with Gasteiger partial charge in [0.25, 0.3) is 11.5 Å². The van der Waals surface area contributed by atoms with Gasteiger partial charge in [0.2, 0.25) is 0 Å². The zero-order chi connectivity index (χ0) is 21.5. The number of fused-ring (bicyclic) bond motifs is 1. The van der Waals surface area contributed by atoms with E-state index in [0.29, 0.717) is 23.2 Å². The summed E-state index contributed by atoms with van der Waals surface area (Å²) in [6.45, 7) is 4.30. The molecule has 1 aromatic carbocycles. The monoisotopic (exact) mass is 413 g/mol. The van der Waals surface area contributed by atoms with E-state index in [9.17, 15) is 14.4 Å². The van der Waals surface area contributed by atoms with Crippen LogP contribution in [0.15, 0.2) is 29.1 Å². The number of unbranched alkanes of at least 4 members (excludes halogenated alkanes) is 2. The van der Waals surface area contributed by atoms with Crippen LogP contribution in [0.5, 0.6) is 0 Å². The SMILES string of the molecule is CCCCCn1nc(C(=O)OCC(=O)N[C@H]2CCCC[C@H]2C)c2ccccc2c1=O. The fourth-order valence-corrected chi connectivity index (χ4v) is 4.03. The Labute approximate surface area is 176 Å². The molecule has 1 aromatic heterocycles. The summed E-state index contributed by atoms with van der Waals surface area (Å²) in [5.41, 5.74) is -0.150. The number of ether oxygens (including phenoxy) is 1. The van der Waals surface area contributed by atoms with Gasteiger partial charge in [-0.1, -0.05) is 57.7 Å². The fourth-order valence-electron chi connectivity index (χ4n) is 4.03. The van der Waals surface area contributed by atoms with Gasteiger partial charge in [-0.3, -0.25) is 9.59 Å². The number of esters is 1. The Morgan fingerprint density at radius 3 is 2.63 bits per heavy atom. The molecule has 30 heavy (non-hydrogen) atoms. The van der Waals surface area contributed by atoms with Crippen molar-refractivity contribution in [2.75, 3.05) is 6.61 Å². The first-order valence-electron chi connectivity index (χ1n) is 11.0. The highest BCUT2D eigenvalue weighted by Crippen LogP contribution is 2.23. The van der Waals surface area contributed by atoms with Crippen LogP contribution in [0.25, 0.3) is 10.8 Å². The van der Waals surface area contributed by atoms with Crippen LogP contribution in [0.3, 0.4) is 0 Å². The van der Waals surface area contributed by atoms with E-state index in [1.54, 1.807) is 24.3 Å². The van der Waals surface area contributed by atoms with Gasteiger partial charge in [-0.25, -0.2) is 9.48 Å². The second-order valence-electron chi connectivity index (χ2n) is 8.14. The molecule has 0 unspecified atom stereocenters. The molecule has 3 rings (SSSR count). The molecule has 0 spiro atoms. The first-order valence-corrected chi connectivity index (χ1v) is 11.0. The molecule has 1 aliphatic carbocycles. The Balaban J connectivity index is 1.72. The molecule has 1 amide bonds. The van der Waals surface area contributed by atoms with E-state index in [-0.39, 0.29) is 29.8 Å². The van der Waals surface area contributed by atoms with E-state index in [4.69, 9.17) is 4.74 Å². The molecule has 0 aliphatic heterocycles. The third-order valence-corrected chi connectivity index (χ3v) is 5.83. The maximum Gasteiger partial charge on any atom is 0.359 e. The molecular weight excluding hydrogens is 382 g/mol. The van der Waals surface area contributed by atoms with E-state index in [0.717, 1.165) is 38.5 Å². The molecule has 162 valence electrons. The second-order valence-corrected chi connectivity index (χ2v) is 8.14. The van der Waals surface area contributed by atoms with Crippen LogP contribution >= 0.6 is 0 Å². The average Bonchev–Trinajstić information content (AvgIpc) is 2.75. The van der Waals surface area contributed by atoms with Gasteiger partial charge in [0.1, 0.15) is 0 Å². The normalized spacial score (nSPS) is 18.9. The minimum atomic E-state index is -0.692. The summed E-state index contributed by atoms with van der Waals surface area (Å²) >= 11 is 0. The zero-order valence-corrected chi connectivity index (χ0v) is 17.9. The molecule has 1 heterocycles. The predicted octanol–water partition coefficient (Wildman–Crippen LogP) is 3.44. The summed E-state index contributed by atoms with van der Waals surface area (Å²) in [7, 11) is 0. The van der Waals surface area contributed by atoms with E-state index in [1.165, 1.54) is 11.1 Å². The van der Waals surface area contributed by atoms with Crippen LogP contribution in [-0.4, -0.2) is 34.3 Å². The number of aryl methyl sites for hydroxylation is 1. The summed E-state index contributed by atoms with van der Waals surface area (Å²) < 4.78 is 6.60. The van der Waals surface area contributed by atoms with Gasteiger partial charge in [-0.15, -0.1) is 0 Å². The van der Waals surface area contributed by atoms with Gasteiger partial charge in [0.15, 0.2) is 12.3 Å². The lowest BCUT2D eigenvalue weighted by Gasteiger charge is -2.29. The minimum absolute atomic E-state index is 0.0699. The molecule has 7 heteroatoms. The van der Waals surface area contributed by atoms with Gasteiger partial charge in [-0.05, 0) is 31.2 Å². The summed E-state index contributed by atoms with van der Waals surface area (Å²) in [4.78, 5) is 37.7. The molecule has 0 bridgehead atoms. The third-order valence-electron chi connectivity index (χ3n) is 5.83. The topological polar surface area (TPSA) is 90.3 Å². The Morgan fingerprint density at radius 1 is 1.17 bits per heavy atom. The largest absolute Gasteiger partial charge is 0.451 e. The predicted molar refractivity (Wildman–Crippen MR) is 115 cm³/mol. The Hall–Kier alpha value is -2.70. The van der Waals surface area contributed by atoms with E-state index >= 15 is 0 Å². The average molecular weight is 414 g/mol. The Bertz CT molecular complexity index is 953. The van der Waals surface area contributed by atoms with Crippen molar-refractivity contribution in [1.82, 2.24) is 15.1 Å². The van der Waals surface area contributed by atoms with Gasteiger partial charge >= 0.3 is 5.97 Å². The molecule has 0 saturated heterocycles. The van der Waals surface area contributed by atoms with Gasteiger partial charge < -0.3 is 10.1 Å². The lowest BCUT2D eigenvalue weighted by atomic mass is 9.86. The number of amides is 1. The molecule has 2 atom stereocenters. The van der Waals surface area contributed by atoms with Crippen LogP contribution in [-0.2, 0) is 16.1 Å². The summed E-state index contributed by atoms with van der Waals surface area (Å²) in [6, 6.07) is 7.00. The molecule has 2 aromatic rings. The number of carbonyl (C=O) groups excluding carboxylic acids is 2. The van der Waals surface area contributed by atoms with Crippen molar-refractivity contribution < 1.29 is 14.3 Å². The van der Waals surface area contributed by atoms with Crippen molar-refractivity contribution in [2.24, 2.45) is 5.92 Å². The minimum Gasteiger partial charge on any atom is -0.451 e. The fraction of sp³-hybridized carbons (Fsp3) is 0.565. The van der Waals surface area contributed by atoms with Crippen molar-refractivity contribution in [3.05, 3.63) is 40.3 Å². The van der Waals surface area contributed by atoms with E-state index < -0.39 is 5.97 Å². The van der Waals surface area contributed by atoms with Crippen LogP contribution in [0.1, 0.15) is 69.3 Å². The maximum absolute atomic E-state index is 12.7. The van der Waals surface area contributed by atoms with Crippen molar-refractivity contribution in [3.63, 3.8) is 0 Å². The maximum atomic E-state index is 12.7. The number of nitrogens with one attached hydrogen (secondary N) is 1. The van der Waals surface area contributed by atoms with Gasteiger partial charge in [0, 0.05) is 18.0 Å². The van der Waals surface area contributed by atoms with Crippen molar-refractivity contribution in [3.8, 4) is 0 Å². The highest BCUT2D eigenvalue weighted by molar-refractivity contribution is 6.02. The summed E-state index contributed by atoms with van der Waals surface area (Å²) in [5.74, 6) is -0.569. The highest BCUT2D eigenvalue weighted by atomic mass is 16.5. The summed E-state index contributed by atoms with van der Waals surface area (Å²) in [6.07, 6.45) is 7.14. The van der Waals surface area contributed by atoms with Crippen LogP contribution in [0.2, 0.25) is 0 Å². The van der Waals surface area contributed by atoms with Crippen LogP contribution in [0.4, 0.5) is 0 Å². The lowest BCUT2D eigenvalue weighted by molar-refractivity contribution is -0.125. The Morgan fingerprint density at radius 2 is 1.90 bits per heavy atom. The third kappa shape index (κ3) is 5.26. The number of carbonyl (C=O) groups is 2. The molecule has 1 fully saturated rings. The number of aromatic nitrogens is 2. The number of rotatable bonds is 8. The zero-order valence-electron chi connectivity index (χ0n) is 17.9. The number of hydrogen-bond acceptors (Lipinski definition) is 5. The van der Waals surface area contributed by atoms with Gasteiger partial charge in [-0.2, -0.15) is 5.10 Å². The first-order chi connectivity index (χ1) is 14.5. The molecular formula is C23H31N3O4. The molecule has 1 aliphatic rings. The van der Waals surface area contributed by atoms with Crippen molar-refractivity contribution in [2.45, 2.75) is 71.4 Å². The molecule has 1 saturated carbocycles. The molecule has 0 radical (unpaired) electrons. The van der Waals surface area contributed by atoms with Crippen LogP contribution in [0, 0.1) is 5.92 Å². The quantitative estimate of drug-likeness (QED) is 0.529. The van der Waals surface area contributed by atoms with E-state index in [1.807, 2.05) is 0 Å². The number of benzene rings is 1. The second kappa shape index (κ2) is 10.4. The van der Waals surface area contributed by atoms with Crippen molar-refractivity contribution in [1.29, 1.82) is 0 Å². The van der Waals surface area contributed by atoms with Gasteiger partial charge in [0.05, 0.1) is 5.39 Å². The number of nitrogens with zero attached hydrogens (tertiary/aromatic N) is 2. The van der Waals surface area contributed by atoms with Crippen molar-refractivity contribution >= 4 is 22.6 Å². The van der Waals surface area contributed by atoms with Crippen LogP contribution < -0.4 is 10.9 Å². The number of hydrogen-bond donors (Lipinski definition) is 1. The highest BCUT2D eigenvalue weighted by Gasteiger charge is 2.24. The molecule has 7 nitrogen and oxygen atoms in total. The summed E-state index contributed by atoms with van der Waals surface area (Å²) in [5, 5.41) is 8.12. The first kappa shape index (κ1) is 22.0. The smallest absolute Gasteiger partial charge is 0.359 e. The Kier molecular flexibility index (Phi) is 7.60.